The van der Waals surface area contributed by atoms with Crippen molar-refractivity contribution in [3.63, 3.8) is 0 Å². The first-order valence-corrected chi connectivity index (χ1v) is 5.43. The average Bonchev–Trinajstić information content (AvgIpc) is 2.50. The lowest BCUT2D eigenvalue weighted by Gasteiger charge is -2.08. The predicted octanol–water partition coefficient (Wildman–Crippen LogP) is 3.70. The van der Waals surface area contributed by atoms with E-state index in [0.717, 1.165) is 18.4 Å². The molecular formula is C11H18ClNS. The molecule has 0 radical (unpaired) electrons. The monoisotopic (exact) mass is 231 g/mol. The Labute approximate surface area is 96.4 Å². The van der Waals surface area contributed by atoms with E-state index in [-0.39, 0.29) is 18.4 Å². The molecule has 1 rings (SSSR count). The maximum Gasteiger partial charge on any atom is 0.0427 e. The van der Waals surface area contributed by atoms with E-state index in [2.05, 4.69) is 25.6 Å². The molecule has 0 aliphatic heterocycles. The van der Waals surface area contributed by atoms with Gasteiger partial charge in [0.1, 0.15) is 0 Å². The van der Waals surface area contributed by atoms with Crippen LogP contribution < -0.4 is 5.73 Å². The molecule has 1 nitrogen and oxygen atoms in total. The van der Waals surface area contributed by atoms with Crippen LogP contribution >= 0.6 is 23.7 Å². The van der Waals surface area contributed by atoms with Crippen molar-refractivity contribution in [2.75, 3.05) is 0 Å². The molecule has 3 heteroatoms. The van der Waals surface area contributed by atoms with Gasteiger partial charge in [-0.15, -0.1) is 30.3 Å². The summed E-state index contributed by atoms with van der Waals surface area (Å²) in [4.78, 5) is 2.69. The number of hydrogen-bond acceptors (Lipinski definition) is 2. The molecule has 14 heavy (non-hydrogen) atoms. The minimum Gasteiger partial charge on any atom is -0.323 e. The quantitative estimate of drug-likeness (QED) is 0.786. The van der Waals surface area contributed by atoms with Gasteiger partial charge in [-0.25, -0.2) is 0 Å². The predicted molar refractivity (Wildman–Crippen MR) is 67.3 cm³/mol. The number of halogens is 1. The van der Waals surface area contributed by atoms with Crippen molar-refractivity contribution < 1.29 is 0 Å². The number of hydrogen-bond donors (Lipinski definition) is 1. The van der Waals surface area contributed by atoms with E-state index in [1.807, 2.05) is 18.3 Å². The first-order chi connectivity index (χ1) is 6.13. The van der Waals surface area contributed by atoms with Gasteiger partial charge in [0.25, 0.3) is 0 Å². The molecule has 1 heterocycles. The van der Waals surface area contributed by atoms with E-state index in [9.17, 15) is 0 Å². The summed E-state index contributed by atoms with van der Waals surface area (Å²) in [7, 11) is 0. The summed E-state index contributed by atoms with van der Waals surface area (Å²) in [6, 6.07) is 4.44. The largest absolute Gasteiger partial charge is 0.323 e. The van der Waals surface area contributed by atoms with Gasteiger partial charge < -0.3 is 5.73 Å². The van der Waals surface area contributed by atoms with Crippen LogP contribution in [0, 0.1) is 0 Å². The van der Waals surface area contributed by atoms with Gasteiger partial charge in [0.2, 0.25) is 0 Å². The Morgan fingerprint density at radius 1 is 1.57 bits per heavy atom. The van der Waals surface area contributed by atoms with Crippen LogP contribution in [0.2, 0.25) is 0 Å². The molecule has 0 bridgehead atoms. The lowest BCUT2D eigenvalue weighted by molar-refractivity contribution is 0.731. The number of rotatable bonds is 4. The first kappa shape index (κ1) is 13.7. The highest BCUT2D eigenvalue weighted by Gasteiger charge is 2.08. The van der Waals surface area contributed by atoms with Gasteiger partial charge in [-0.2, -0.15) is 0 Å². The van der Waals surface area contributed by atoms with Crippen LogP contribution in [0.5, 0.6) is 0 Å². The molecule has 0 fully saturated rings. The number of aryl methyl sites for hydroxylation is 1. The first-order valence-electron chi connectivity index (χ1n) is 4.62. The minimum absolute atomic E-state index is 0. The molecule has 1 aromatic rings. The third kappa shape index (κ3) is 3.82. The summed E-state index contributed by atoms with van der Waals surface area (Å²) >= 11 is 1.82. The fourth-order valence-electron chi connectivity index (χ4n) is 1.26. The second-order valence-corrected chi connectivity index (χ2v) is 4.63. The van der Waals surface area contributed by atoms with Crippen LogP contribution in [0.3, 0.4) is 0 Å². The smallest absolute Gasteiger partial charge is 0.0427 e. The topological polar surface area (TPSA) is 26.0 Å². The zero-order valence-electron chi connectivity index (χ0n) is 8.75. The van der Waals surface area contributed by atoms with Gasteiger partial charge >= 0.3 is 0 Å². The van der Waals surface area contributed by atoms with Crippen molar-refractivity contribution in [3.05, 3.63) is 34.0 Å². The highest BCUT2D eigenvalue weighted by molar-refractivity contribution is 7.12. The average molecular weight is 232 g/mol. The van der Waals surface area contributed by atoms with Crippen molar-refractivity contribution >= 4 is 23.7 Å². The van der Waals surface area contributed by atoms with Crippen LogP contribution in [0.4, 0.5) is 0 Å². The van der Waals surface area contributed by atoms with Crippen molar-refractivity contribution in [2.45, 2.75) is 32.7 Å². The molecular weight excluding hydrogens is 214 g/mol. The fraction of sp³-hybridized carbons (Fsp3) is 0.455. The second kappa shape index (κ2) is 6.23. The summed E-state index contributed by atoms with van der Waals surface area (Å²) in [5.41, 5.74) is 7.17. The van der Waals surface area contributed by atoms with Crippen molar-refractivity contribution in [2.24, 2.45) is 5.73 Å². The summed E-state index contributed by atoms with van der Waals surface area (Å²) < 4.78 is 0. The Balaban J connectivity index is 0.00000169. The molecule has 1 atom stereocenters. The Bertz CT molecular complexity index is 293. The fourth-order valence-corrected chi connectivity index (χ4v) is 2.21. The van der Waals surface area contributed by atoms with Gasteiger partial charge in [0, 0.05) is 15.8 Å². The lowest BCUT2D eigenvalue weighted by Crippen LogP contribution is -2.08. The molecule has 0 aliphatic carbocycles. The van der Waals surface area contributed by atoms with E-state index in [0.29, 0.717) is 0 Å². The highest BCUT2D eigenvalue weighted by atomic mass is 35.5. The Morgan fingerprint density at radius 2 is 2.21 bits per heavy atom. The lowest BCUT2D eigenvalue weighted by atomic mass is 10.1. The van der Waals surface area contributed by atoms with Crippen molar-refractivity contribution in [1.82, 2.24) is 0 Å². The molecule has 2 N–H and O–H groups in total. The SMILES string of the molecule is C=C(C)C[C@@H](N)c1ccc(CC)s1.Cl. The van der Waals surface area contributed by atoms with Gasteiger partial charge in [0.05, 0.1) is 0 Å². The van der Waals surface area contributed by atoms with Crippen molar-refractivity contribution in [1.29, 1.82) is 0 Å². The van der Waals surface area contributed by atoms with Crippen LogP contribution in [0.25, 0.3) is 0 Å². The Hall–Kier alpha value is -0.310. The third-order valence-corrected chi connectivity index (χ3v) is 3.33. The summed E-state index contributed by atoms with van der Waals surface area (Å²) in [6.45, 7) is 8.06. The van der Waals surface area contributed by atoms with Crippen LogP contribution in [-0.4, -0.2) is 0 Å². The van der Waals surface area contributed by atoms with Gasteiger partial charge in [-0.1, -0.05) is 12.5 Å². The highest BCUT2D eigenvalue weighted by Crippen LogP contribution is 2.25. The van der Waals surface area contributed by atoms with E-state index in [4.69, 9.17) is 5.73 Å². The number of thiophene rings is 1. The second-order valence-electron chi connectivity index (χ2n) is 3.43. The molecule has 0 saturated heterocycles. The molecule has 0 amide bonds. The summed E-state index contributed by atoms with van der Waals surface area (Å²) in [5, 5.41) is 0. The Morgan fingerprint density at radius 3 is 2.64 bits per heavy atom. The van der Waals surface area contributed by atoms with Gasteiger partial charge in [0.15, 0.2) is 0 Å². The van der Waals surface area contributed by atoms with Gasteiger partial charge in [-0.3, -0.25) is 0 Å². The zero-order valence-corrected chi connectivity index (χ0v) is 10.4. The zero-order chi connectivity index (χ0) is 9.84. The van der Waals surface area contributed by atoms with Gasteiger partial charge in [-0.05, 0) is 31.9 Å². The maximum absolute atomic E-state index is 6.01. The molecule has 0 saturated carbocycles. The van der Waals surface area contributed by atoms with E-state index >= 15 is 0 Å². The molecule has 0 aliphatic rings. The molecule has 80 valence electrons. The summed E-state index contributed by atoms with van der Waals surface area (Å²) in [5.74, 6) is 0. The van der Waals surface area contributed by atoms with E-state index in [1.54, 1.807) is 0 Å². The molecule has 1 aromatic heterocycles. The van der Waals surface area contributed by atoms with Crippen LogP contribution in [0.1, 0.15) is 36.1 Å². The van der Waals surface area contributed by atoms with E-state index < -0.39 is 0 Å². The third-order valence-electron chi connectivity index (χ3n) is 1.96. The van der Waals surface area contributed by atoms with Crippen LogP contribution in [0.15, 0.2) is 24.3 Å². The minimum atomic E-state index is 0. The molecule has 0 aromatic carbocycles. The summed E-state index contributed by atoms with van der Waals surface area (Å²) in [6.07, 6.45) is 1.99. The van der Waals surface area contributed by atoms with E-state index in [1.165, 1.54) is 9.75 Å². The van der Waals surface area contributed by atoms with Crippen LogP contribution in [-0.2, 0) is 6.42 Å². The van der Waals surface area contributed by atoms with Crippen molar-refractivity contribution in [3.8, 4) is 0 Å². The molecule has 0 unspecified atom stereocenters. The standard InChI is InChI=1S/C11H17NS.ClH/c1-4-9-5-6-11(13-9)10(12)7-8(2)3;/h5-6,10H,2,4,7,12H2,1,3H3;1H/t10-;/m1./s1. The molecule has 0 spiro atoms. The normalized spacial score (nSPS) is 11.9. The Kier molecular flexibility index (Phi) is 6.09. The maximum atomic E-state index is 6.01. The number of nitrogens with two attached hydrogens (primary N) is 1.